The Morgan fingerprint density at radius 2 is 2.13 bits per heavy atom. The number of urea groups is 1. The maximum Gasteiger partial charge on any atom is 0.317 e. The van der Waals surface area contributed by atoms with Crippen molar-refractivity contribution >= 4 is 11.9 Å². The first-order chi connectivity index (χ1) is 7.15. The van der Waals surface area contributed by atoms with Crippen molar-refractivity contribution in [3.8, 4) is 0 Å². The molecule has 0 unspecified atom stereocenters. The first-order valence-electron chi connectivity index (χ1n) is 5.51. The Balaban J connectivity index is 2.30. The molecule has 0 radical (unpaired) electrons. The van der Waals surface area contributed by atoms with Gasteiger partial charge in [0.15, 0.2) is 0 Å². The van der Waals surface area contributed by atoms with Crippen LogP contribution in [0.4, 0.5) is 4.79 Å². The van der Waals surface area contributed by atoms with E-state index in [1.165, 1.54) is 0 Å². The average Bonchev–Trinajstić information content (AvgIpc) is 2.26. The van der Waals surface area contributed by atoms with Crippen molar-refractivity contribution in [2.45, 2.75) is 26.2 Å². The van der Waals surface area contributed by atoms with E-state index in [2.05, 4.69) is 5.32 Å². The molecule has 1 aliphatic rings. The minimum Gasteiger partial charge on any atom is -0.387 e. The molecule has 1 heterocycles. The zero-order valence-corrected chi connectivity index (χ0v) is 9.25. The van der Waals surface area contributed by atoms with E-state index in [9.17, 15) is 4.79 Å². The molecule has 0 atom stereocenters. The number of amides is 2. The number of nitrogens with one attached hydrogen (secondary N) is 2. The highest BCUT2D eigenvalue weighted by molar-refractivity contribution is 5.80. The monoisotopic (exact) mass is 212 g/mol. The number of amidine groups is 1. The molecule has 1 fully saturated rings. The van der Waals surface area contributed by atoms with Gasteiger partial charge in [0, 0.05) is 25.6 Å². The van der Waals surface area contributed by atoms with E-state index in [-0.39, 0.29) is 17.8 Å². The Bertz CT molecular complexity index is 234. The summed E-state index contributed by atoms with van der Waals surface area (Å²) in [6.07, 6.45) is 2.58. The van der Waals surface area contributed by atoms with Crippen molar-refractivity contribution in [1.29, 1.82) is 5.41 Å². The van der Waals surface area contributed by atoms with Gasteiger partial charge in [-0.15, -0.1) is 0 Å². The fourth-order valence-corrected chi connectivity index (χ4v) is 1.74. The van der Waals surface area contributed by atoms with E-state index < -0.39 is 0 Å². The predicted molar refractivity (Wildman–Crippen MR) is 59.9 cm³/mol. The van der Waals surface area contributed by atoms with Crippen LogP contribution in [-0.2, 0) is 0 Å². The van der Waals surface area contributed by atoms with Crippen molar-refractivity contribution in [3.63, 3.8) is 0 Å². The number of nitrogens with two attached hydrogens (primary N) is 1. The Morgan fingerprint density at radius 1 is 1.53 bits per heavy atom. The van der Waals surface area contributed by atoms with Gasteiger partial charge in [-0.05, 0) is 19.3 Å². The predicted octanol–water partition coefficient (Wildman–Crippen LogP) is 0.754. The van der Waals surface area contributed by atoms with Crippen molar-refractivity contribution in [2.24, 2.45) is 11.7 Å². The van der Waals surface area contributed by atoms with E-state index >= 15 is 0 Å². The van der Waals surface area contributed by atoms with E-state index in [0.717, 1.165) is 25.8 Å². The molecule has 86 valence electrons. The van der Waals surface area contributed by atoms with E-state index in [0.29, 0.717) is 13.1 Å². The Hall–Kier alpha value is -1.26. The zero-order valence-electron chi connectivity index (χ0n) is 9.25. The van der Waals surface area contributed by atoms with Crippen LogP contribution >= 0.6 is 0 Å². The summed E-state index contributed by atoms with van der Waals surface area (Å²) in [7, 11) is 0. The Morgan fingerprint density at radius 3 is 2.60 bits per heavy atom. The summed E-state index contributed by atoms with van der Waals surface area (Å²) >= 11 is 0. The molecular weight excluding hydrogens is 192 g/mol. The molecule has 4 N–H and O–H groups in total. The number of carbonyl (C=O) groups excluding carboxylic acids is 1. The second kappa shape index (κ2) is 5.58. The molecule has 0 spiro atoms. The summed E-state index contributed by atoms with van der Waals surface area (Å²) in [6, 6.07) is 0.0128. The van der Waals surface area contributed by atoms with Gasteiger partial charge < -0.3 is 16.0 Å². The lowest BCUT2D eigenvalue weighted by Crippen LogP contribution is -2.46. The number of carbonyl (C=O) groups is 1. The van der Waals surface area contributed by atoms with Gasteiger partial charge in [-0.2, -0.15) is 0 Å². The van der Waals surface area contributed by atoms with Crippen molar-refractivity contribution < 1.29 is 4.79 Å². The van der Waals surface area contributed by atoms with Crippen LogP contribution < -0.4 is 11.1 Å². The standard InChI is InChI=1S/C10H20N4O/c1-2-5-13-10(15)14-6-3-8(4-7-14)9(11)12/h8H,2-7H2,1H3,(H3,11,12)(H,13,15). The number of nitrogens with zero attached hydrogens (tertiary/aromatic N) is 1. The lowest BCUT2D eigenvalue weighted by molar-refractivity contribution is 0.180. The van der Waals surface area contributed by atoms with Crippen molar-refractivity contribution in [2.75, 3.05) is 19.6 Å². The molecule has 0 aromatic carbocycles. The zero-order chi connectivity index (χ0) is 11.3. The third-order valence-electron chi connectivity index (χ3n) is 2.75. The molecule has 5 nitrogen and oxygen atoms in total. The summed E-state index contributed by atoms with van der Waals surface area (Å²) in [5.74, 6) is 0.420. The van der Waals surface area contributed by atoms with Crippen molar-refractivity contribution in [1.82, 2.24) is 10.2 Å². The van der Waals surface area contributed by atoms with Crippen LogP contribution in [0.2, 0.25) is 0 Å². The number of hydrogen-bond donors (Lipinski definition) is 3. The second-order valence-electron chi connectivity index (χ2n) is 3.95. The highest BCUT2D eigenvalue weighted by Gasteiger charge is 2.23. The van der Waals surface area contributed by atoms with Crippen LogP contribution in [0.3, 0.4) is 0 Å². The Labute approximate surface area is 90.5 Å². The molecule has 0 saturated carbocycles. The van der Waals surface area contributed by atoms with Gasteiger partial charge >= 0.3 is 6.03 Å². The molecule has 15 heavy (non-hydrogen) atoms. The molecule has 1 rings (SSSR count). The van der Waals surface area contributed by atoms with E-state index in [1.807, 2.05) is 6.92 Å². The van der Waals surface area contributed by atoms with Crippen LogP contribution in [-0.4, -0.2) is 36.4 Å². The number of rotatable bonds is 3. The number of piperidine rings is 1. The van der Waals surface area contributed by atoms with Gasteiger partial charge in [-0.25, -0.2) is 4.79 Å². The fraction of sp³-hybridized carbons (Fsp3) is 0.800. The quantitative estimate of drug-likeness (QED) is 0.476. The van der Waals surface area contributed by atoms with Gasteiger partial charge in [0.25, 0.3) is 0 Å². The minimum atomic E-state index is 0.0128. The van der Waals surface area contributed by atoms with Gasteiger partial charge in [0.05, 0.1) is 5.84 Å². The first-order valence-corrected chi connectivity index (χ1v) is 5.51. The van der Waals surface area contributed by atoms with E-state index in [4.69, 9.17) is 11.1 Å². The van der Waals surface area contributed by atoms with Crippen LogP contribution in [0, 0.1) is 11.3 Å². The summed E-state index contributed by atoms with van der Waals surface area (Å²) in [5.41, 5.74) is 5.43. The minimum absolute atomic E-state index is 0.0128. The van der Waals surface area contributed by atoms with Gasteiger partial charge in [0.1, 0.15) is 0 Å². The summed E-state index contributed by atoms with van der Waals surface area (Å²) < 4.78 is 0. The SMILES string of the molecule is CCCNC(=O)N1CCC(C(=N)N)CC1. The second-order valence-corrected chi connectivity index (χ2v) is 3.95. The average molecular weight is 212 g/mol. The molecule has 2 amide bonds. The molecule has 0 bridgehead atoms. The highest BCUT2D eigenvalue weighted by Crippen LogP contribution is 2.16. The number of likely N-dealkylation sites (tertiary alicyclic amines) is 1. The Kier molecular flexibility index (Phi) is 4.39. The maximum atomic E-state index is 11.6. The topological polar surface area (TPSA) is 82.2 Å². The van der Waals surface area contributed by atoms with Crippen LogP contribution in [0.5, 0.6) is 0 Å². The molecule has 1 aliphatic heterocycles. The largest absolute Gasteiger partial charge is 0.387 e. The smallest absolute Gasteiger partial charge is 0.317 e. The normalized spacial score (nSPS) is 17.5. The molecule has 0 aromatic heterocycles. The third kappa shape index (κ3) is 3.42. The lowest BCUT2D eigenvalue weighted by atomic mass is 9.96. The van der Waals surface area contributed by atoms with Gasteiger partial charge in [-0.3, -0.25) is 5.41 Å². The first kappa shape index (κ1) is 11.8. The van der Waals surface area contributed by atoms with Crippen LogP contribution in [0.15, 0.2) is 0 Å². The van der Waals surface area contributed by atoms with E-state index in [1.54, 1.807) is 4.90 Å². The molecule has 5 heteroatoms. The molecule has 1 saturated heterocycles. The van der Waals surface area contributed by atoms with Crippen molar-refractivity contribution in [3.05, 3.63) is 0 Å². The van der Waals surface area contributed by atoms with Crippen LogP contribution in [0.1, 0.15) is 26.2 Å². The summed E-state index contributed by atoms with van der Waals surface area (Å²) in [5, 5.41) is 10.2. The fourth-order valence-electron chi connectivity index (χ4n) is 1.74. The molecule has 0 aliphatic carbocycles. The summed E-state index contributed by atoms with van der Waals surface area (Å²) in [6.45, 7) is 4.17. The van der Waals surface area contributed by atoms with Gasteiger partial charge in [-0.1, -0.05) is 6.92 Å². The highest BCUT2D eigenvalue weighted by atomic mass is 16.2. The number of hydrogen-bond acceptors (Lipinski definition) is 2. The molecular formula is C10H20N4O. The third-order valence-corrected chi connectivity index (χ3v) is 2.75. The maximum absolute atomic E-state index is 11.6. The van der Waals surface area contributed by atoms with Crippen LogP contribution in [0.25, 0.3) is 0 Å². The lowest BCUT2D eigenvalue weighted by Gasteiger charge is -2.31. The van der Waals surface area contributed by atoms with Gasteiger partial charge in [0.2, 0.25) is 0 Å². The molecule has 0 aromatic rings. The summed E-state index contributed by atoms with van der Waals surface area (Å²) in [4.78, 5) is 13.4.